The van der Waals surface area contributed by atoms with Crippen molar-refractivity contribution in [1.29, 1.82) is 0 Å². The Hall–Kier alpha value is -2.70. The van der Waals surface area contributed by atoms with E-state index in [2.05, 4.69) is 0 Å². The lowest BCUT2D eigenvalue weighted by molar-refractivity contribution is -0.278. The van der Waals surface area contributed by atoms with E-state index >= 15 is 0 Å². The Bertz CT molecular complexity index is 860. The highest BCUT2D eigenvalue weighted by Crippen LogP contribution is 2.42. The van der Waals surface area contributed by atoms with Gasteiger partial charge in [-0.1, -0.05) is 30.4 Å². The van der Waals surface area contributed by atoms with Gasteiger partial charge in [-0.05, 0) is 44.5 Å². The van der Waals surface area contributed by atoms with Crippen LogP contribution in [-0.2, 0) is 19.2 Å². The lowest BCUT2D eigenvalue weighted by Gasteiger charge is -2.36. The molecule has 2 unspecified atom stereocenters. The molecule has 0 radical (unpaired) electrons. The fraction of sp³-hybridized carbons (Fsp3) is 0.409. The minimum atomic E-state index is -1.20. The number of ether oxygens (including phenoxy) is 2. The van der Waals surface area contributed by atoms with Gasteiger partial charge in [0.15, 0.2) is 12.3 Å². The third-order valence-electron chi connectivity index (χ3n) is 4.68. The van der Waals surface area contributed by atoms with Crippen molar-refractivity contribution < 1.29 is 29.0 Å². The summed E-state index contributed by atoms with van der Waals surface area (Å²) in [6, 6.07) is 6.40. The zero-order valence-corrected chi connectivity index (χ0v) is 16.9. The van der Waals surface area contributed by atoms with Crippen LogP contribution in [0.1, 0.15) is 32.6 Å². The summed E-state index contributed by atoms with van der Waals surface area (Å²) in [5.41, 5.74) is 0.458. The first-order chi connectivity index (χ1) is 13.7. The second-order valence-corrected chi connectivity index (χ2v) is 7.90. The molecule has 7 heteroatoms. The molecule has 0 aromatic heterocycles. The van der Waals surface area contributed by atoms with Gasteiger partial charge >= 0.3 is 5.97 Å². The Morgan fingerprint density at radius 2 is 1.90 bits per heavy atom. The number of carbonyl (C=O) groups excluding carboxylic acids is 1. The lowest BCUT2D eigenvalue weighted by Crippen LogP contribution is -2.47. The molecule has 0 spiro atoms. The second-order valence-electron chi connectivity index (χ2n) is 7.90. The number of allylic oxidation sites excluding steroid dienone is 3. The van der Waals surface area contributed by atoms with Crippen LogP contribution in [0.5, 0.6) is 5.75 Å². The number of carbonyl (C=O) groups is 1. The fourth-order valence-corrected chi connectivity index (χ4v) is 3.50. The molecule has 1 aromatic rings. The van der Waals surface area contributed by atoms with Crippen LogP contribution in [0.15, 0.2) is 54.1 Å². The molecule has 1 heterocycles. The van der Waals surface area contributed by atoms with Crippen LogP contribution in [-0.4, -0.2) is 46.9 Å². The maximum atomic E-state index is 12.1. The zero-order valence-electron chi connectivity index (χ0n) is 16.9. The van der Waals surface area contributed by atoms with Crippen LogP contribution in [0, 0.1) is 5.92 Å². The largest absolute Gasteiger partial charge is 0.497 e. The van der Waals surface area contributed by atoms with Gasteiger partial charge in [0.25, 0.3) is 0 Å². The maximum absolute atomic E-state index is 12.1. The van der Waals surface area contributed by atoms with Crippen molar-refractivity contribution >= 4 is 11.9 Å². The van der Waals surface area contributed by atoms with Gasteiger partial charge in [-0.2, -0.15) is 0 Å². The number of methoxy groups -OCH3 is 1. The monoisotopic (exact) mass is 399 g/mol. The van der Waals surface area contributed by atoms with Gasteiger partial charge in [-0.15, -0.1) is 5.06 Å². The molecule has 4 atom stereocenters. The van der Waals surface area contributed by atoms with Crippen molar-refractivity contribution in [2.24, 2.45) is 5.92 Å². The van der Waals surface area contributed by atoms with Crippen molar-refractivity contribution in [1.82, 2.24) is 5.06 Å². The molecule has 2 aliphatic rings. The molecule has 1 fully saturated rings. The Morgan fingerprint density at radius 3 is 2.45 bits per heavy atom. The molecule has 1 saturated heterocycles. The number of hydroxylamine groups is 2. The van der Waals surface area contributed by atoms with Crippen LogP contribution in [0.3, 0.4) is 0 Å². The van der Waals surface area contributed by atoms with E-state index in [9.17, 15) is 14.7 Å². The van der Waals surface area contributed by atoms with Gasteiger partial charge in [0.1, 0.15) is 11.7 Å². The summed E-state index contributed by atoms with van der Waals surface area (Å²) in [6.07, 6.45) is 4.94. The molecule has 3 rings (SSSR count). The van der Waals surface area contributed by atoms with E-state index in [1.165, 1.54) is 0 Å². The smallest absolute Gasteiger partial charge is 0.334 e. The number of rotatable bonds is 5. The molecule has 1 aliphatic carbocycles. The topological polar surface area (TPSA) is 85.3 Å². The first kappa shape index (κ1) is 21.0. The van der Waals surface area contributed by atoms with Gasteiger partial charge in [0, 0.05) is 11.5 Å². The first-order valence-electron chi connectivity index (χ1n) is 9.34. The van der Waals surface area contributed by atoms with Crippen LogP contribution in [0.25, 0.3) is 0 Å². The average Bonchev–Trinajstić information content (AvgIpc) is 3.05. The molecule has 0 amide bonds. The summed E-state index contributed by atoms with van der Waals surface area (Å²) in [7, 11) is 1.57. The minimum Gasteiger partial charge on any atom is -0.497 e. The van der Waals surface area contributed by atoms with Crippen LogP contribution in [0.2, 0.25) is 0 Å². The summed E-state index contributed by atoms with van der Waals surface area (Å²) >= 11 is 0. The Morgan fingerprint density at radius 1 is 1.21 bits per heavy atom. The van der Waals surface area contributed by atoms with Crippen LogP contribution < -0.4 is 4.74 Å². The third-order valence-corrected chi connectivity index (χ3v) is 4.68. The number of hydrogen-bond acceptors (Lipinski definition) is 6. The molecule has 7 nitrogen and oxygen atoms in total. The van der Waals surface area contributed by atoms with Crippen molar-refractivity contribution in [2.75, 3.05) is 7.11 Å². The molecule has 0 saturated carbocycles. The normalized spacial score (nSPS) is 27.1. The molecular formula is C22H25NO6. The fourth-order valence-electron chi connectivity index (χ4n) is 3.50. The lowest BCUT2D eigenvalue weighted by atomic mass is 9.86. The SMILES string of the molecule is COc1ccc(C2O[C@@H](C(=O)O)[C@H](C3C=CC=CC3=C=O)N2OC(C)(C)C)cc1. The van der Waals surface area contributed by atoms with E-state index in [-0.39, 0.29) is 0 Å². The Kier molecular flexibility index (Phi) is 6.05. The van der Waals surface area contributed by atoms with Gasteiger partial charge in [0.2, 0.25) is 0 Å². The Balaban J connectivity index is 2.06. The van der Waals surface area contributed by atoms with E-state index in [1.54, 1.807) is 60.7 Å². The van der Waals surface area contributed by atoms with E-state index in [1.807, 2.05) is 26.7 Å². The summed E-state index contributed by atoms with van der Waals surface area (Å²) in [5, 5.41) is 11.4. The van der Waals surface area contributed by atoms with Gasteiger partial charge in [-0.25, -0.2) is 9.59 Å². The highest BCUT2D eigenvalue weighted by atomic mass is 16.7. The molecule has 1 aromatic carbocycles. The van der Waals surface area contributed by atoms with Crippen molar-refractivity contribution in [3.63, 3.8) is 0 Å². The van der Waals surface area contributed by atoms with E-state index in [0.29, 0.717) is 11.3 Å². The summed E-state index contributed by atoms with van der Waals surface area (Å²) in [5.74, 6) is 0.938. The molecule has 29 heavy (non-hydrogen) atoms. The van der Waals surface area contributed by atoms with Crippen LogP contribution in [0.4, 0.5) is 0 Å². The number of nitrogens with zero attached hydrogens (tertiary/aromatic N) is 1. The molecule has 0 bridgehead atoms. The number of carboxylic acid groups (broad SMARTS) is 1. The van der Waals surface area contributed by atoms with Crippen molar-refractivity contribution in [2.45, 2.75) is 44.7 Å². The van der Waals surface area contributed by atoms with Gasteiger partial charge in [-0.3, -0.25) is 4.84 Å². The zero-order chi connectivity index (χ0) is 21.2. The highest BCUT2D eigenvalue weighted by Gasteiger charge is 2.52. The van der Waals surface area contributed by atoms with E-state index < -0.39 is 35.9 Å². The van der Waals surface area contributed by atoms with E-state index in [0.717, 1.165) is 5.56 Å². The number of benzene rings is 1. The first-order valence-corrected chi connectivity index (χ1v) is 9.34. The van der Waals surface area contributed by atoms with Crippen molar-refractivity contribution in [3.05, 3.63) is 59.7 Å². The number of hydrogen-bond donors (Lipinski definition) is 1. The average molecular weight is 399 g/mol. The molecule has 1 aliphatic heterocycles. The van der Waals surface area contributed by atoms with Gasteiger partial charge < -0.3 is 14.6 Å². The molecular weight excluding hydrogens is 374 g/mol. The van der Waals surface area contributed by atoms with Crippen LogP contribution >= 0.6 is 0 Å². The standard InChI is InChI=1S/C22H25NO6/c1-22(2,3)29-23-18(17-8-6-5-7-15(17)13-24)19(21(25)26)28-20(23)14-9-11-16(27-4)12-10-14/h5-12,17-20H,1-4H3,(H,25,26)/t17?,18-,19+,20?/m0/s1. The summed E-state index contributed by atoms with van der Waals surface area (Å²) < 4.78 is 11.2. The van der Waals surface area contributed by atoms with Gasteiger partial charge in [0.05, 0.1) is 18.8 Å². The van der Waals surface area contributed by atoms with E-state index in [4.69, 9.17) is 14.3 Å². The third kappa shape index (κ3) is 4.49. The second kappa shape index (κ2) is 8.35. The minimum absolute atomic E-state index is 0.352. The number of aliphatic carboxylic acids is 1. The molecule has 154 valence electrons. The maximum Gasteiger partial charge on any atom is 0.334 e. The predicted molar refractivity (Wildman–Crippen MR) is 106 cm³/mol. The predicted octanol–water partition coefficient (Wildman–Crippen LogP) is 3.08. The van der Waals surface area contributed by atoms with Crippen molar-refractivity contribution in [3.8, 4) is 5.75 Å². The molecule has 1 N–H and O–H groups in total. The summed E-state index contributed by atoms with van der Waals surface area (Å²) in [4.78, 5) is 29.7. The summed E-state index contributed by atoms with van der Waals surface area (Å²) in [6.45, 7) is 5.61. The highest BCUT2D eigenvalue weighted by molar-refractivity contribution is 5.74. The Labute approximate surface area is 169 Å². The number of carboxylic acids is 1. The quantitative estimate of drug-likeness (QED) is 0.762.